The molecule has 1 heteroatoms. The van der Waals surface area contributed by atoms with Crippen LogP contribution in [0, 0.1) is 0 Å². The molecule has 0 fully saturated rings. The topological polar surface area (TPSA) is 0 Å². The Bertz CT molecular complexity index is 3380. The van der Waals surface area contributed by atoms with Crippen molar-refractivity contribution in [2.75, 3.05) is 0 Å². The van der Waals surface area contributed by atoms with Gasteiger partial charge in [-0.05, 0) is 135 Å². The molecule has 1 aromatic heterocycles. The number of hydrogen-bond acceptors (Lipinski definition) is 1. The van der Waals surface area contributed by atoms with Gasteiger partial charge >= 0.3 is 0 Å². The molecule has 0 nitrogen and oxygen atoms in total. The Balaban J connectivity index is 0.969. The Morgan fingerprint density at radius 3 is 1.61 bits per heavy atom. The SMILES string of the molecule is CC1(C)c2ccc(-c3ccc4cc(-c5c6ccccc6c(-c6ccccc6)c6ccccc56)ccc4c3)cc2-c2ccc3cc4c(cc3c21)sc1ccccc14. The molecule has 0 amide bonds. The molecule has 12 rings (SSSR count). The van der Waals surface area contributed by atoms with E-state index in [1.165, 1.54) is 119 Å². The number of rotatable bonds is 3. The lowest BCUT2D eigenvalue weighted by Gasteiger charge is -2.23. The van der Waals surface area contributed by atoms with E-state index in [9.17, 15) is 0 Å². The molecule has 0 aliphatic heterocycles. The van der Waals surface area contributed by atoms with Crippen LogP contribution in [-0.4, -0.2) is 0 Å². The number of benzene rings is 10. The summed E-state index contributed by atoms with van der Waals surface area (Å²) in [6, 6.07) is 68.2. The summed E-state index contributed by atoms with van der Waals surface area (Å²) in [6.07, 6.45) is 0. The average molecular weight is 729 g/mol. The van der Waals surface area contributed by atoms with E-state index in [1.807, 2.05) is 11.3 Å². The van der Waals surface area contributed by atoms with Crippen molar-refractivity contribution >= 4 is 74.6 Å². The molecular weight excluding hydrogens is 693 g/mol. The Labute approximate surface area is 329 Å². The molecule has 0 radical (unpaired) electrons. The smallest absolute Gasteiger partial charge is 0.0361 e. The number of hydrogen-bond donors (Lipinski definition) is 0. The van der Waals surface area contributed by atoms with Gasteiger partial charge in [-0.1, -0.05) is 159 Å². The summed E-state index contributed by atoms with van der Waals surface area (Å²) in [5.74, 6) is 0. The third-order valence-electron chi connectivity index (χ3n) is 12.6. The highest BCUT2D eigenvalue weighted by Gasteiger charge is 2.37. The zero-order valence-electron chi connectivity index (χ0n) is 31.2. The summed E-state index contributed by atoms with van der Waals surface area (Å²) < 4.78 is 2.72. The first-order valence-electron chi connectivity index (χ1n) is 19.6. The van der Waals surface area contributed by atoms with E-state index in [4.69, 9.17) is 0 Å². The monoisotopic (exact) mass is 728 g/mol. The molecule has 1 aliphatic rings. The van der Waals surface area contributed by atoms with Crippen LogP contribution in [0.3, 0.4) is 0 Å². The van der Waals surface area contributed by atoms with Gasteiger partial charge in [0.25, 0.3) is 0 Å². The Morgan fingerprint density at radius 2 is 0.893 bits per heavy atom. The quantitative estimate of drug-likeness (QED) is 0.159. The lowest BCUT2D eigenvalue weighted by atomic mass is 9.80. The highest BCUT2D eigenvalue weighted by atomic mass is 32.1. The van der Waals surface area contributed by atoms with Crippen molar-refractivity contribution in [1.29, 1.82) is 0 Å². The van der Waals surface area contributed by atoms with Gasteiger partial charge in [0.05, 0.1) is 0 Å². The summed E-state index contributed by atoms with van der Waals surface area (Å²) in [4.78, 5) is 0. The van der Waals surface area contributed by atoms with Crippen LogP contribution >= 0.6 is 11.3 Å². The molecule has 1 aliphatic carbocycles. The van der Waals surface area contributed by atoms with E-state index in [2.05, 4.69) is 196 Å². The van der Waals surface area contributed by atoms with Crippen LogP contribution in [0.15, 0.2) is 182 Å². The molecule has 262 valence electrons. The second-order valence-corrected chi connectivity index (χ2v) is 17.1. The molecule has 0 bridgehead atoms. The second-order valence-electron chi connectivity index (χ2n) is 16.0. The van der Waals surface area contributed by atoms with Gasteiger partial charge in [0.1, 0.15) is 0 Å². The van der Waals surface area contributed by atoms with E-state index < -0.39 is 0 Å². The normalized spacial score (nSPS) is 13.3. The predicted octanol–water partition coefficient (Wildman–Crippen LogP) is 16.0. The van der Waals surface area contributed by atoms with E-state index >= 15 is 0 Å². The summed E-state index contributed by atoms with van der Waals surface area (Å²) in [7, 11) is 0. The lowest BCUT2D eigenvalue weighted by molar-refractivity contribution is 0.666. The van der Waals surface area contributed by atoms with Gasteiger partial charge in [-0.3, -0.25) is 0 Å². The van der Waals surface area contributed by atoms with E-state index in [-0.39, 0.29) is 5.41 Å². The summed E-state index contributed by atoms with van der Waals surface area (Å²) in [5.41, 5.74) is 13.1. The van der Waals surface area contributed by atoms with Gasteiger partial charge in [0, 0.05) is 25.6 Å². The minimum absolute atomic E-state index is 0.0967. The van der Waals surface area contributed by atoms with E-state index in [1.54, 1.807) is 0 Å². The van der Waals surface area contributed by atoms with Crippen molar-refractivity contribution in [3.05, 3.63) is 193 Å². The fraction of sp³-hybridized carbons (Fsp3) is 0.0545. The maximum Gasteiger partial charge on any atom is 0.0361 e. The van der Waals surface area contributed by atoms with Gasteiger partial charge in [-0.15, -0.1) is 11.3 Å². The van der Waals surface area contributed by atoms with Crippen molar-refractivity contribution in [2.45, 2.75) is 19.3 Å². The minimum Gasteiger partial charge on any atom is -0.135 e. The molecule has 56 heavy (non-hydrogen) atoms. The summed E-state index contributed by atoms with van der Waals surface area (Å²) in [5, 5.41) is 13.0. The Kier molecular flexibility index (Phi) is 6.66. The molecule has 0 spiro atoms. The van der Waals surface area contributed by atoms with Crippen LogP contribution < -0.4 is 0 Å². The van der Waals surface area contributed by atoms with Crippen molar-refractivity contribution in [2.24, 2.45) is 0 Å². The molecule has 0 unspecified atom stereocenters. The second kappa shape index (κ2) is 11.7. The fourth-order valence-corrected chi connectivity index (χ4v) is 11.1. The highest BCUT2D eigenvalue weighted by molar-refractivity contribution is 7.25. The zero-order valence-corrected chi connectivity index (χ0v) is 32.0. The minimum atomic E-state index is -0.0967. The van der Waals surface area contributed by atoms with Gasteiger partial charge in [-0.2, -0.15) is 0 Å². The van der Waals surface area contributed by atoms with Crippen molar-refractivity contribution in [1.82, 2.24) is 0 Å². The first kappa shape index (κ1) is 31.8. The van der Waals surface area contributed by atoms with Crippen molar-refractivity contribution in [3.8, 4) is 44.5 Å². The largest absolute Gasteiger partial charge is 0.135 e. The number of thiophene rings is 1. The van der Waals surface area contributed by atoms with Crippen LogP contribution in [0.4, 0.5) is 0 Å². The summed E-state index contributed by atoms with van der Waals surface area (Å²) in [6.45, 7) is 4.81. The molecule has 11 aromatic rings. The van der Waals surface area contributed by atoms with Gasteiger partial charge < -0.3 is 0 Å². The zero-order chi connectivity index (χ0) is 37.1. The maximum absolute atomic E-state index is 2.46. The molecule has 0 N–H and O–H groups in total. The molecule has 10 aromatic carbocycles. The Hall–Kier alpha value is -6.54. The van der Waals surface area contributed by atoms with Crippen LogP contribution in [0.25, 0.3) is 108 Å². The predicted molar refractivity (Wildman–Crippen MR) is 243 cm³/mol. The third-order valence-corrected chi connectivity index (χ3v) is 13.7. The Morgan fingerprint density at radius 1 is 0.339 bits per heavy atom. The van der Waals surface area contributed by atoms with Crippen LogP contribution in [0.5, 0.6) is 0 Å². The van der Waals surface area contributed by atoms with Crippen LogP contribution in [-0.2, 0) is 5.41 Å². The van der Waals surface area contributed by atoms with Crippen molar-refractivity contribution < 1.29 is 0 Å². The van der Waals surface area contributed by atoms with Gasteiger partial charge in [0.15, 0.2) is 0 Å². The van der Waals surface area contributed by atoms with Crippen molar-refractivity contribution in [3.63, 3.8) is 0 Å². The van der Waals surface area contributed by atoms with Gasteiger partial charge in [-0.25, -0.2) is 0 Å². The standard InChI is InChI=1S/C55H36S/c1-55(2)49-27-25-37(30-47(49)45-26-24-38-31-48-40-14-10-11-19-50(40)56-51(48)32-46(38)54(45)55)35-20-21-36-29-39(23-22-34(36)28-35)53-43-17-8-6-15-41(43)52(33-12-4-3-5-13-33)42-16-7-9-18-44(42)53/h3-32H,1-2H3. The maximum atomic E-state index is 2.46. The average Bonchev–Trinajstić information content (AvgIpc) is 3.72. The summed E-state index contributed by atoms with van der Waals surface area (Å²) >= 11 is 1.91. The molecule has 0 atom stereocenters. The first-order valence-corrected chi connectivity index (χ1v) is 20.4. The molecular formula is C55H36S. The van der Waals surface area contributed by atoms with E-state index in [0.29, 0.717) is 0 Å². The first-order chi connectivity index (χ1) is 27.5. The van der Waals surface area contributed by atoms with Crippen LogP contribution in [0.1, 0.15) is 25.0 Å². The molecule has 0 saturated heterocycles. The van der Waals surface area contributed by atoms with E-state index in [0.717, 1.165) is 0 Å². The molecule has 1 heterocycles. The lowest BCUT2D eigenvalue weighted by Crippen LogP contribution is -2.15. The highest BCUT2D eigenvalue weighted by Crippen LogP contribution is 2.53. The van der Waals surface area contributed by atoms with Gasteiger partial charge in [0.2, 0.25) is 0 Å². The molecule has 0 saturated carbocycles. The fourth-order valence-electron chi connectivity index (χ4n) is 10.0. The number of fused-ring (bicyclic) bond motifs is 11. The van der Waals surface area contributed by atoms with Crippen LogP contribution in [0.2, 0.25) is 0 Å². The third kappa shape index (κ3) is 4.53.